The normalized spacial score (nSPS) is 20.9. The van der Waals surface area contributed by atoms with Crippen LogP contribution >= 0.6 is 0 Å². The average Bonchev–Trinajstić information content (AvgIpc) is 3.04. The molecule has 4 rings (SSSR count). The van der Waals surface area contributed by atoms with Gasteiger partial charge in [-0.3, -0.25) is 0 Å². The number of fused-ring (bicyclic) bond motifs is 1. The highest BCUT2D eigenvalue weighted by atomic mass is 16.4. The number of nitrogens with zero attached hydrogens (tertiary/aromatic N) is 2. The van der Waals surface area contributed by atoms with Crippen molar-refractivity contribution in [1.29, 1.82) is 0 Å². The van der Waals surface area contributed by atoms with E-state index in [0.29, 0.717) is 12.0 Å². The second-order valence-corrected chi connectivity index (χ2v) is 9.56. The Morgan fingerprint density at radius 1 is 1.20 bits per heavy atom. The van der Waals surface area contributed by atoms with Crippen molar-refractivity contribution in [2.45, 2.75) is 59.4 Å². The lowest BCUT2D eigenvalue weighted by Crippen LogP contribution is -2.29. The zero-order chi connectivity index (χ0) is 21.5. The molecule has 0 amide bonds. The van der Waals surface area contributed by atoms with Gasteiger partial charge in [0.05, 0.1) is 16.6 Å². The number of carboxylic acids is 1. The minimum Gasteiger partial charge on any atom is -0.478 e. The molecule has 2 atom stereocenters. The molecule has 0 bridgehead atoms. The van der Waals surface area contributed by atoms with Crippen molar-refractivity contribution in [3.05, 3.63) is 53.6 Å². The molecule has 1 aliphatic carbocycles. The molecule has 0 saturated heterocycles. The summed E-state index contributed by atoms with van der Waals surface area (Å²) >= 11 is 0. The van der Waals surface area contributed by atoms with Crippen molar-refractivity contribution >= 4 is 28.6 Å². The number of imidazole rings is 1. The molecule has 2 aromatic carbocycles. The molecular weight excluding hydrogens is 374 g/mol. The molecule has 1 saturated carbocycles. The molecule has 30 heavy (non-hydrogen) atoms. The molecule has 3 aromatic rings. The van der Waals surface area contributed by atoms with Crippen molar-refractivity contribution in [2.75, 3.05) is 5.32 Å². The zero-order valence-corrected chi connectivity index (χ0v) is 18.3. The lowest BCUT2D eigenvalue weighted by molar-refractivity contribution is 0.0697. The predicted octanol–water partition coefficient (Wildman–Crippen LogP) is 6.43. The van der Waals surface area contributed by atoms with Crippen LogP contribution in [0.15, 0.2) is 42.5 Å². The topological polar surface area (TPSA) is 67.2 Å². The molecule has 0 aliphatic heterocycles. The first-order valence-electron chi connectivity index (χ1n) is 10.9. The van der Waals surface area contributed by atoms with Crippen LogP contribution in [0.25, 0.3) is 11.0 Å². The second kappa shape index (κ2) is 7.78. The minimum atomic E-state index is -0.927. The maximum atomic E-state index is 11.5. The Morgan fingerprint density at radius 2 is 1.93 bits per heavy atom. The molecular formula is C25H31N3O2. The maximum absolute atomic E-state index is 11.5. The first-order chi connectivity index (χ1) is 14.3. The molecule has 5 heteroatoms. The summed E-state index contributed by atoms with van der Waals surface area (Å²) in [5, 5.41) is 12.9. The Labute approximate surface area is 178 Å². The molecule has 2 N–H and O–H groups in total. The monoisotopic (exact) mass is 405 g/mol. The van der Waals surface area contributed by atoms with E-state index in [-0.39, 0.29) is 11.0 Å². The van der Waals surface area contributed by atoms with Crippen molar-refractivity contribution in [2.24, 2.45) is 11.3 Å². The zero-order valence-electron chi connectivity index (χ0n) is 18.3. The molecule has 0 radical (unpaired) electrons. The summed E-state index contributed by atoms with van der Waals surface area (Å²) < 4.78 is 2.30. The highest BCUT2D eigenvalue weighted by Gasteiger charge is 2.34. The smallest absolute Gasteiger partial charge is 0.335 e. The molecule has 158 valence electrons. The third-order valence-corrected chi connectivity index (χ3v) is 6.28. The Balaban J connectivity index is 1.80. The number of aromatic carboxylic acids is 1. The lowest BCUT2D eigenvalue weighted by atomic mass is 9.70. The van der Waals surface area contributed by atoms with Crippen LogP contribution in [0.5, 0.6) is 0 Å². The number of anilines is 2. The maximum Gasteiger partial charge on any atom is 0.335 e. The van der Waals surface area contributed by atoms with Crippen LogP contribution in [-0.4, -0.2) is 20.6 Å². The molecule has 0 unspecified atom stereocenters. The van der Waals surface area contributed by atoms with Crippen LogP contribution in [0.4, 0.5) is 11.6 Å². The van der Waals surface area contributed by atoms with Gasteiger partial charge in [0.1, 0.15) is 0 Å². The highest BCUT2D eigenvalue weighted by molar-refractivity contribution is 5.93. The fourth-order valence-electron chi connectivity index (χ4n) is 5.13. The summed E-state index contributed by atoms with van der Waals surface area (Å²) in [5.74, 6) is 0.487. The molecule has 1 fully saturated rings. The predicted molar refractivity (Wildman–Crippen MR) is 122 cm³/mol. The van der Waals surface area contributed by atoms with Gasteiger partial charge in [-0.25, -0.2) is 9.78 Å². The first kappa shape index (κ1) is 20.5. The van der Waals surface area contributed by atoms with E-state index in [1.807, 2.05) is 6.07 Å². The number of aryl methyl sites for hydroxylation is 1. The van der Waals surface area contributed by atoms with Crippen LogP contribution in [0.2, 0.25) is 0 Å². The summed E-state index contributed by atoms with van der Waals surface area (Å²) in [5.41, 5.74) is 4.53. The number of aromatic nitrogens is 2. The van der Waals surface area contributed by atoms with E-state index in [1.54, 1.807) is 12.1 Å². The fourth-order valence-corrected chi connectivity index (χ4v) is 5.13. The van der Waals surface area contributed by atoms with E-state index in [1.165, 1.54) is 12.0 Å². The van der Waals surface area contributed by atoms with Gasteiger partial charge in [0.2, 0.25) is 5.95 Å². The van der Waals surface area contributed by atoms with Gasteiger partial charge in [0, 0.05) is 11.7 Å². The van der Waals surface area contributed by atoms with Gasteiger partial charge < -0.3 is 15.0 Å². The quantitative estimate of drug-likeness (QED) is 0.513. The number of hydrogen-bond donors (Lipinski definition) is 2. The SMILES string of the molecule is CCc1ccc(Nc2nc3cc(C(=O)O)ccc3n2[C@H]2C[C@@H](C)CC(C)(C)C2)cc1. The van der Waals surface area contributed by atoms with Crippen LogP contribution in [0.1, 0.15) is 68.9 Å². The molecule has 1 aromatic heterocycles. The highest BCUT2D eigenvalue weighted by Crippen LogP contribution is 2.46. The molecule has 0 spiro atoms. The van der Waals surface area contributed by atoms with Crippen molar-refractivity contribution in [3.63, 3.8) is 0 Å². The fraction of sp³-hybridized carbons (Fsp3) is 0.440. The summed E-state index contributed by atoms with van der Waals surface area (Å²) in [4.78, 5) is 16.3. The minimum absolute atomic E-state index is 0.264. The summed E-state index contributed by atoms with van der Waals surface area (Å²) in [7, 11) is 0. The van der Waals surface area contributed by atoms with Gasteiger partial charge in [-0.2, -0.15) is 0 Å². The van der Waals surface area contributed by atoms with Crippen LogP contribution in [-0.2, 0) is 6.42 Å². The number of nitrogens with one attached hydrogen (secondary N) is 1. The Kier molecular flexibility index (Phi) is 5.31. The largest absolute Gasteiger partial charge is 0.478 e. The van der Waals surface area contributed by atoms with E-state index in [9.17, 15) is 9.90 Å². The number of carboxylic acid groups (broad SMARTS) is 1. The average molecular weight is 406 g/mol. The number of rotatable bonds is 5. The van der Waals surface area contributed by atoms with E-state index in [4.69, 9.17) is 4.98 Å². The van der Waals surface area contributed by atoms with Crippen molar-refractivity contribution in [3.8, 4) is 0 Å². The van der Waals surface area contributed by atoms with Crippen molar-refractivity contribution < 1.29 is 9.90 Å². The van der Waals surface area contributed by atoms with Crippen LogP contribution < -0.4 is 5.32 Å². The van der Waals surface area contributed by atoms with Gasteiger partial charge in [-0.05, 0) is 72.9 Å². The standard InChI is InChI=1S/C25H31N3O2/c1-5-17-6-9-19(10-7-17)26-24-27-21-13-18(23(29)30)8-11-22(21)28(24)20-12-16(2)14-25(3,4)15-20/h6-11,13,16,20H,5,12,14-15H2,1-4H3,(H,26,27)(H,29,30)/t16-,20+/m1/s1. The second-order valence-electron chi connectivity index (χ2n) is 9.56. The third kappa shape index (κ3) is 4.07. The lowest BCUT2D eigenvalue weighted by Gasteiger charge is -2.40. The van der Waals surface area contributed by atoms with E-state index >= 15 is 0 Å². The van der Waals surface area contributed by atoms with Gasteiger partial charge in [0.25, 0.3) is 0 Å². The Morgan fingerprint density at radius 3 is 2.57 bits per heavy atom. The van der Waals surface area contributed by atoms with Gasteiger partial charge in [-0.1, -0.05) is 39.8 Å². The van der Waals surface area contributed by atoms with E-state index in [0.717, 1.165) is 41.9 Å². The molecule has 1 heterocycles. The van der Waals surface area contributed by atoms with Crippen LogP contribution in [0.3, 0.4) is 0 Å². The molecule has 1 aliphatic rings. The number of hydrogen-bond acceptors (Lipinski definition) is 3. The summed E-state index contributed by atoms with van der Waals surface area (Å²) in [6, 6.07) is 14.0. The van der Waals surface area contributed by atoms with Gasteiger partial charge in [-0.15, -0.1) is 0 Å². The number of benzene rings is 2. The molecule has 5 nitrogen and oxygen atoms in total. The van der Waals surface area contributed by atoms with Gasteiger partial charge >= 0.3 is 5.97 Å². The summed E-state index contributed by atoms with van der Waals surface area (Å²) in [6.07, 6.45) is 4.40. The van der Waals surface area contributed by atoms with E-state index < -0.39 is 5.97 Å². The Hall–Kier alpha value is -2.82. The third-order valence-electron chi connectivity index (χ3n) is 6.28. The van der Waals surface area contributed by atoms with E-state index in [2.05, 4.69) is 61.8 Å². The number of carbonyl (C=O) groups is 1. The Bertz CT molecular complexity index is 1070. The first-order valence-corrected chi connectivity index (χ1v) is 10.9. The van der Waals surface area contributed by atoms with Crippen LogP contribution in [0, 0.1) is 11.3 Å². The van der Waals surface area contributed by atoms with Gasteiger partial charge in [0.15, 0.2) is 0 Å². The summed E-state index contributed by atoms with van der Waals surface area (Å²) in [6.45, 7) is 9.15. The van der Waals surface area contributed by atoms with Crippen molar-refractivity contribution in [1.82, 2.24) is 9.55 Å².